The van der Waals surface area contributed by atoms with Crippen LogP contribution in [0, 0.1) is 0 Å². The summed E-state index contributed by atoms with van der Waals surface area (Å²) in [5.41, 5.74) is 0.501. The van der Waals surface area contributed by atoms with E-state index in [1.165, 1.54) is 23.5 Å². The molecule has 2 aliphatic rings. The molecule has 1 aliphatic carbocycles. The van der Waals surface area contributed by atoms with Crippen LogP contribution < -0.4 is 10.0 Å². The first kappa shape index (κ1) is 25.7. The van der Waals surface area contributed by atoms with Gasteiger partial charge in [0.1, 0.15) is 6.10 Å². The molecule has 2 heterocycles. The van der Waals surface area contributed by atoms with Gasteiger partial charge in [0.2, 0.25) is 10.0 Å². The minimum absolute atomic E-state index is 0.0331. The minimum Gasteiger partial charge on any atom is -0.392 e. The van der Waals surface area contributed by atoms with Crippen LogP contribution in [0.15, 0.2) is 40.5 Å². The number of rotatable bonds is 10. The maximum absolute atomic E-state index is 13.1. The Balaban J connectivity index is 1.51. The molecule has 0 unspecified atom stereocenters. The first-order valence-electron chi connectivity index (χ1n) is 11.6. The van der Waals surface area contributed by atoms with E-state index in [9.17, 15) is 13.2 Å². The van der Waals surface area contributed by atoms with Crippen LogP contribution in [0.3, 0.4) is 0 Å². The van der Waals surface area contributed by atoms with Crippen LogP contribution in [0.2, 0.25) is 0 Å². The van der Waals surface area contributed by atoms with Crippen molar-refractivity contribution in [2.75, 3.05) is 25.6 Å². The number of benzene rings is 1. The topological polar surface area (TPSA) is 128 Å². The van der Waals surface area contributed by atoms with Crippen molar-refractivity contribution in [3.8, 4) is 0 Å². The van der Waals surface area contributed by atoms with E-state index in [1.54, 1.807) is 25.4 Å². The van der Waals surface area contributed by atoms with Crippen molar-refractivity contribution < 1.29 is 27.5 Å². The number of oxime groups is 1. The van der Waals surface area contributed by atoms with Gasteiger partial charge in [-0.1, -0.05) is 28.6 Å². The van der Waals surface area contributed by atoms with Crippen LogP contribution in [-0.2, 0) is 35.7 Å². The number of amides is 1. The number of thiazole rings is 1. The van der Waals surface area contributed by atoms with Crippen LogP contribution in [0.4, 0.5) is 5.13 Å². The SMILES string of the molecule is COCc1cnc(NC(=O)C(=NOC2CCCC2)c2ccc(S(=O)(=O)NC3CCOCC3)cc2)s1. The van der Waals surface area contributed by atoms with E-state index in [0.29, 0.717) is 43.4 Å². The number of carbonyl (C=O) groups excluding carboxylic acids is 1. The summed E-state index contributed by atoms with van der Waals surface area (Å²) in [6, 6.07) is 5.91. The lowest BCUT2D eigenvalue weighted by molar-refractivity contribution is -0.110. The minimum atomic E-state index is -3.70. The average molecular weight is 523 g/mol. The van der Waals surface area contributed by atoms with Crippen molar-refractivity contribution >= 4 is 38.1 Å². The Morgan fingerprint density at radius 2 is 1.89 bits per heavy atom. The summed E-state index contributed by atoms with van der Waals surface area (Å²) < 4.78 is 38.7. The molecule has 1 aromatic carbocycles. The predicted molar refractivity (Wildman–Crippen MR) is 132 cm³/mol. The lowest BCUT2D eigenvalue weighted by Crippen LogP contribution is -2.38. The summed E-state index contributed by atoms with van der Waals surface area (Å²) in [5, 5.41) is 7.34. The first-order chi connectivity index (χ1) is 16.9. The van der Waals surface area contributed by atoms with E-state index in [1.807, 2.05) is 0 Å². The van der Waals surface area contributed by atoms with Crippen molar-refractivity contribution in [3.05, 3.63) is 40.9 Å². The Hall–Kier alpha value is -2.38. The number of anilines is 1. The van der Waals surface area contributed by atoms with Crippen molar-refractivity contribution in [1.82, 2.24) is 9.71 Å². The Labute approximate surface area is 209 Å². The Kier molecular flexibility index (Phi) is 8.84. The highest BCUT2D eigenvalue weighted by Crippen LogP contribution is 2.23. The molecule has 1 aromatic heterocycles. The third kappa shape index (κ3) is 7.07. The zero-order valence-corrected chi connectivity index (χ0v) is 21.2. The number of methoxy groups -OCH3 is 1. The molecule has 4 rings (SSSR count). The lowest BCUT2D eigenvalue weighted by atomic mass is 10.1. The summed E-state index contributed by atoms with van der Waals surface area (Å²) in [6.45, 7) is 1.47. The number of hydrogen-bond acceptors (Lipinski definition) is 9. The van der Waals surface area contributed by atoms with Crippen molar-refractivity contribution in [3.63, 3.8) is 0 Å². The van der Waals surface area contributed by atoms with E-state index < -0.39 is 15.9 Å². The van der Waals surface area contributed by atoms with Gasteiger partial charge < -0.3 is 14.3 Å². The zero-order valence-electron chi connectivity index (χ0n) is 19.6. The fraction of sp³-hybridized carbons (Fsp3) is 0.522. The molecule has 0 spiro atoms. The molecule has 1 aliphatic heterocycles. The van der Waals surface area contributed by atoms with E-state index >= 15 is 0 Å². The van der Waals surface area contributed by atoms with E-state index in [0.717, 1.165) is 30.6 Å². The summed E-state index contributed by atoms with van der Waals surface area (Å²) in [7, 11) is -2.11. The lowest BCUT2D eigenvalue weighted by Gasteiger charge is -2.23. The summed E-state index contributed by atoms with van der Waals surface area (Å²) in [6.07, 6.45) is 6.78. The summed E-state index contributed by atoms with van der Waals surface area (Å²) in [5.74, 6) is -0.489. The van der Waals surface area contributed by atoms with Gasteiger partial charge in [-0.3, -0.25) is 10.1 Å². The van der Waals surface area contributed by atoms with E-state index in [2.05, 4.69) is 20.2 Å². The normalized spacial score (nSPS) is 18.0. The second-order valence-corrected chi connectivity index (χ2v) is 11.3. The number of aromatic nitrogens is 1. The molecule has 190 valence electrons. The second-order valence-electron chi connectivity index (χ2n) is 8.50. The predicted octanol–water partition coefficient (Wildman–Crippen LogP) is 3.05. The molecule has 2 fully saturated rings. The first-order valence-corrected chi connectivity index (χ1v) is 13.9. The maximum atomic E-state index is 13.1. The van der Waals surface area contributed by atoms with Gasteiger partial charge in [0.25, 0.3) is 5.91 Å². The Morgan fingerprint density at radius 1 is 1.17 bits per heavy atom. The molecule has 0 atom stereocenters. The van der Waals surface area contributed by atoms with Gasteiger partial charge in [-0.25, -0.2) is 18.1 Å². The number of hydrogen-bond donors (Lipinski definition) is 2. The molecule has 12 heteroatoms. The zero-order chi connectivity index (χ0) is 24.7. The van der Waals surface area contributed by atoms with Crippen LogP contribution in [0.25, 0.3) is 0 Å². The highest BCUT2D eigenvalue weighted by molar-refractivity contribution is 7.89. The second kappa shape index (κ2) is 12.0. The monoisotopic (exact) mass is 522 g/mol. The molecule has 1 saturated carbocycles. The number of sulfonamides is 1. The highest BCUT2D eigenvalue weighted by atomic mass is 32.2. The van der Waals surface area contributed by atoms with Crippen LogP contribution in [0.5, 0.6) is 0 Å². The molecule has 2 N–H and O–H groups in total. The van der Waals surface area contributed by atoms with E-state index in [-0.39, 0.29) is 22.8 Å². The standard InChI is InChI=1S/C23H30N4O6S2/c1-31-15-19-14-24-23(34-19)25-22(28)21(26-33-18-4-2-3-5-18)16-6-8-20(9-7-16)35(29,30)27-17-10-12-32-13-11-17/h6-9,14,17-18,27H,2-5,10-13,15H2,1H3,(H,24,25,28). The van der Waals surface area contributed by atoms with Crippen molar-refractivity contribution in [1.29, 1.82) is 0 Å². The molecule has 1 saturated heterocycles. The van der Waals surface area contributed by atoms with Gasteiger partial charge in [0.15, 0.2) is 10.8 Å². The van der Waals surface area contributed by atoms with Crippen LogP contribution in [-0.4, -0.2) is 57.5 Å². The van der Waals surface area contributed by atoms with E-state index in [4.69, 9.17) is 14.3 Å². The molecule has 0 bridgehead atoms. The molecule has 1 amide bonds. The quantitative estimate of drug-likeness (QED) is 0.363. The molecule has 35 heavy (non-hydrogen) atoms. The molecule has 0 radical (unpaired) electrons. The third-order valence-corrected chi connectivity index (χ3v) is 8.27. The Morgan fingerprint density at radius 3 is 2.57 bits per heavy atom. The molecular formula is C23H30N4O6S2. The number of carbonyl (C=O) groups is 1. The Bertz CT molecular complexity index is 1120. The fourth-order valence-corrected chi connectivity index (χ4v) is 6.06. The summed E-state index contributed by atoms with van der Waals surface area (Å²) >= 11 is 1.30. The van der Waals surface area contributed by atoms with Gasteiger partial charge in [0, 0.05) is 38.1 Å². The highest BCUT2D eigenvalue weighted by Gasteiger charge is 2.24. The third-order valence-electron chi connectivity index (χ3n) is 5.85. The van der Waals surface area contributed by atoms with Crippen LogP contribution >= 0.6 is 11.3 Å². The van der Waals surface area contributed by atoms with Crippen LogP contribution in [0.1, 0.15) is 49.0 Å². The fourth-order valence-electron chi connectivity index (χ4n) is 3.97. The molecule has 10 nitrogen and oxygen atoms in total. The smallest absolute Gasteiger partial charge is 0.280 e. The van der Waals surface area contributed by atoms with Gasteiger partial charge >= 0.3 is 0 Å². The number of nitrogens with zero attached hydrogens (tertiary/aromatic N) is 2. The number of ether oxygens (including phenoxy) is 2. The largest absolute Gasteiger partial charge is 0.392 e. The summed E-state index contributed by atoms with van der Waals surface area (Å²) in [4.78, 5) is 24.0. The maximum Gasteiger partial charge on any atom is 0.280 e. The van der Waals surface area contributed by atoms with Gasteiger partial charge in [-0.05, 0) is 50.7 Å². The molecular weight excluding hydrogens is 492 g/mol. The van der Waals surface area contributed by atoms with Gasteiger partial charge in [-0.15, -0.1) is 0 Å². The molecule has 2 aromatic rings. The van der Waals surface area contributed by atoms with Gasteiger partial charge in [-0.2, -0.15) is 0 Å². The van der Waals surface area contributed by atoms with Crippen molar-refractivity contribution in [2.45, 2.75) is 62.2 Å². The van der Waals surface area contributed by atoms with Gasteiger partial charge in [0.05, 0.1) is 16.4 Å². The average Bonchev–Trinajstić information content (AvgIpc) is 3.52. The van der Waals surface area contributed by atoms with Crippen molar-refractivity contribution in [2.24, 2.45) is 5.16 Å². The number of nitrogens with one attached hydrogen (secondary N) is 2.